The molecular weight excluding hydrogens is 612 g/mol. The highest BCUT2D eigenvalue weighted by atomic mass is 16.3. The van der Waals surface area contributed by atoms with E-state index >= 15 is 0 Å². The summed E-state index contributed by atoms with van der Waals surface area (Å²) in [7, 11) is 0. The van der Waals surface area contributed by atoms with Crippen LogP contribution in [0, 0.1) is 42.4 Å². The van der Waals surface area contributed by atoms with Crippen LogP contribution in [-0.2, 0) is 24.0 Å². The van der Waals surface area contributed by atoms with Crippen LogP contribution < -0.4 is 27.0 Å². The fourth-order valence-electron chi connectivity index (χ4n) is 7.43. The number of rotatable bonds is 18. The number of fused-ring (bicyclic) bond motifs is 5. The van der Waals surface area contributed by atoms with Crippen molar-refractivity contribution in [3.63, 3.8) is 0 Å². The van der Waals surface area contributed by atoms with Crippen molar-refractivity contribution in [2.24, 2.45) is 41.2 Å². The molecule has 0 spiro atoms. The molecule has 12 nitrogen and oxygen atoms in total. The number of allylic oxidation sites excluding steroid dienone is 2. The summed E-state index contributed by atoms with van der Waals surface area (Å²) in [6.45, 7) is 10.6. The molecule has 3 aliphatic rings. The maximum atomic E-state index is 13.4. The predicted molar refractivity (Wildman–Crippen MR) is 183 cm³/mol. The number of anilines is 1. The molecule has 1 aromatic rings. The van der Waals surface area contributed by atoms with E-state index in [1.807, 2.05) is 32.9 Å². The van der Waals surface area contributed by atoms with Crippen molar-refractivity contribution in [2.45, 2.75) is 98.0 Å². The number of carbonyl (C=O) groups excluding carboxylic acids is 5. The monoisotopic (exact) mass is 666 g/mol. The van der Waals surface area contributed by atoms with Gasteiger partial charge in [0, 0.05) is 18.7 Å². The van der Waals surface area contributed by atoms with Crippen molar-refractivity contribution in [1.82, 2.24) is 20.9 Å². The molecule has 1 saturated carbocycles. The Morgan fingerprint density at radius 3 is 2.27 bits per heavy atom. The van der Waals surface area contributed by atoms with Crippen LogP contribution in [-0.4, -0.2) is 71.1 Å². The minimum Gasteiger partial charge on any atom is -0.366 e. The number of nitrogens with one attached hydrogen (secondary N) is 4. The fourth-order valence-corrected chi connectivity index (χ4v) is 7.43. The Balaban J connectivity index is 1.24. The Morgan fingerprint density at radius 2 is 1.62 bits per heavy atom. The lowest BCUT2D eigenvalue weighted by Crippen LogP contribution is -2.54. The van der Waals surface area contributed by atoms with E-state index in [-0.39, 0.29) is 60.2 Å². The van der Waals surface area contributed by atoms with E-state index < -0.39 is 30.2 Å². The van der Waals surface area contributed by atoms with Crippen molar-refractivity contribution in [3.05, 3.63) is 41.5 Å². The number of unbranched alkanes of at least 4 members (excludes halogenated alkanes) is 2. The summed E-state index contributed by atoms with van der Waals surface area (Å²) in [5, 5.41) is 20.5. The fraction of sp³-hybridized carbons (Fsp3) is 0.639. The number of benzene rings is 1. The van der Waals surface area contributed by atoms with Gasteiger partial charge in [0.25, 0.3) is 0 Å². The smallest absolute Gasteiger partial charge is 0.246 e. The van der Waals surface area contributed by atoms with Crippen molar-refractivity contribution in [3.8, 4) is 0 Å². The predicted octanol–water partition coefficient (Wildman–Crippen LogP) is 2.56. The Kier molecular flexibility index (Phi) is 12.9. The largest absolute Gasteiger partial charge is 0.366 e. The molecule has 4 rings (SSSR count). The number of hydrogen-bond donors (Lipinski definition) is 6. The van der Waals surface area contributed by atoms with Gasteiger partial charge in [0.1, 0.15) is 12.1 Å². The molecular formula is C36H54N6O6. The average molecular weight is 667 g/mol. The summed E-state index contributed by atoms with van der Waals surface area (Å²) in [4.78, 5) is 67.3. The number of amides is 5. The van der Waals surface area contributed by atoms with Crippen molar-refractivity contribution < 1.29 is 29.1 Å². The van der Waals surface area contributed by atoms with Crippen LogP contribution in [0.1, 0.15) is 78.2 Å². The van der Waals surface area contributed by atoms with Crippen LogP contribution in [0.5, 0.6) is 0 Å². The number of likely N-dealkylation sites (tertiary alicyclic amines) is 1. The van der Waals surface area contributed by atoms with E-state index in [9.17, 15) is 29.1 Å². The summed E-state index contributed by atoms with van der Waals surface area (Å²) in [5.41, 5.74) is 8.31. The summed E-state index contributed by atoms with van der Waals surface area (Å²) in [5.74, 6) is -1.12. The first-order valence-electron chi connectivity index (χ1n) is 17.5. The van der Waals surface area contributed by atoms with Crippen LogP contribution in [0.15, 0.2) is 35.9 Å². The first kappa shape index (κ1) is 37.2. The van der Waals surface area contributed by atoms with Gasteiger partial charge in [-0.05, 0) is 81.4 Å². The molecule has 264 valence electrons. The minimum atomic E-state index is -1.18. The Labute approximate surface area is 284 Å². The normalized spacial score (nSPS) is 23.3. The maximum absolute atomic E-state index is 13.4. The average Bonchev–Trinajstić information content (AvgIpc) is 3.69. The number of aliphatic hydroxyl groups excluding tert-OH is 1. The van der Waals surface area contributed by atoms with E-state index in [4.69, 9.17) is 5.73 Å². The molecule has 12 heteroatoms. The highest BCUT2D eigenvalue weighted by molar-refractivity contribution is 6.06. The molecule has 0 radical (unpaired) electrons. The van der Waals surface area contributed by atoms with Gasteiger partial charge in [-0.25, -0.2) is 0 Å². The van der Waals surface area contributed by atoms with Gasteiger partial charge in [0.2, 0.25) is 29.5 Å². The third kappa shape index (κ3) is 9.09. The number of aliphatic hydroxyl groups is 1. The molecule has 1 heterocycles. The summed E-state index contributed by atoms with van der Waals surface area (Å²) < 4.78 is 0. The van der Waals surface area contributed by atoms with Crippen LogP contribution in [0.3, 0.4) is 0 Å². The summed E-state index contributed by atoms with van der Waals surface area (Å²) >= 11 is 0. The van der Waals surface area contributed by atoms with Gasteiger partial charge >= 0.3 is 0 Å². The molecule has 0 aromatic heterocycles. The molecule has 2 bridgehead atoms. The zero-order chi connectivity index (χ0) is 35.1. The molecule has 48 heavy (non-hydrogen) atoms. The molecule has 7 atom stereocenters. The van der Waals surface area contributed by atoms with Gasteiger partial charge in [-0.15, -0.1) is 0 Å². The van der Waals surface area contributed by atoms with Gasteiger partial charge in [-0.2, -0.15) is 0 Å². The lowest BCUT2D eigenvalue weighted by Gasteiger charge is -2.25. The van der Waals surface area contributed by atoms with Crippen molar-refractivity contribution in [2.75, 3.05) is 18.4 Å². The maximum Gasteiger partial charge on any atom is 0.246 e. The number of hydrogen-bond acceptors (Lipinski definition) is 8. The molecule has 2 aliphatic carbocycles. The number of carbonyl (C=O) groups is 5. The van der Waals surface area contributed by atoms with Gasteiger partial charge in [0.05, 0.1) is 11.8 Å². The van der Waals surface area contributed by atoms with Gasteiger partial charge in [-0.1, -0.05) is 63.5 Å². The summed E-state index contributed by atoms with van der Waals surface area (Å²) in [6, 6.07) is 5.58. The van der Waals surface area contributed by atoms with E-state index in [1.54, 1.807) is 12.1 Å². The Hall–Kier alpha value is -3.61. The van der Waals surface area contributed by atoms with Gasteiger partial charge in [-0.3, -0.25) is 39.9 Å². The van der Waals surface area contributed by atoms with Crippen LogP contribution in [0.25, 0.3) is 0 Å². The second-order valence-corrected chi connectivity index (χ2v) is 14.3. The molecule has 5 unspecified atom stereocenters. The number of nitrogens with zero attached hydrogens (tertiary/aromatic N) is 1. The molecule has 1 aliphatic heterocycles. The zero-order valence-electron chi connectivity index (χ0n) is 29.0. The van der Waals surface area contributed by atoms with Crippen LogP contribution in [0.4, 0.5) is 5.69 Å². The quantitative estimate of drug-likeness (QED) is 0.0598. The van der Waals surface area contributed by atoms with E-state index in [0.29, 0.717) is 50.4 Å². The van der Waals surface area contributed by atoms with E-state index in [2.05, 4.69) is 41.2 Å². The topological polar surface area (TPSA) is 183 Å². The molecule has 1 saturated heterocycles. The van der Waals surface area contributed by atoms with Gasteiger partial charge in [0.15, 0.2) is 6.35 Å². The third-order valence-corrected chi connectivity index (χ3v) is 9.94. The highest BCUT2D eigenvalue weighted by Crippen LogP contribution is 2.56. The van der Waals surface area contributed by atoms with Crippen LogP contribution in [0.2, 0.25) is 0 Å². The van der Waals surface area contributed by atoms with E-state index in [1.165, 1.54) is 10.5 Å². The first-order chi connectivity index (χ1) is 22.8. The lowest BCUT2D eigenvalue weighted by atomic mass is 9.78. The molecule has 2 fully saturated rings. The summed E-state index contributed by atoms with van der Waals surface area (Å²) in [6.07, 6.45) is 4.72. The molecule has 7 N–H and O–H groups in total. The van der Waals surface area contributed by atoms with Crippen molar-refractivity contribution >= 4 is 35.2 Å². The standard InChI is InChI=1S/C36H54N6O6/c1-20(2)25-18-23-19-26(25)30-29(23)34(46)42(35(30)47)17-8-6-7-11-28(43)41-31(21(3)4)33(45)40-27(10-9-16-38-36(37)48)32(44)39-24-14-12-22(5)13-15-24/h12-15,18,20-21,23,26-27,29-31,36,38,48H,6-11,16-17,19,37H2,1-5H3,(H,39,44)(H,40,45)(H,41,43)/t23?,26?,27-,29?,30?,31-,36?/m0/s1. The second-order valence-electron chi connectivity index (χ2n) is 14.3. The minimum absolute atomic E-state index is 0.0358. The molecule has 1 aromatic carbocycles. The Bertz CT molecular complexity index is 1360. The van der Waals surface area contributed by atoms with E-state index in [0.717, 1.165) is 12.0 Å². The lowest BCUT2D eigenvalue weighted by molar-refractivity contribution is -0.141. The number of nitrogens with two attached hydrogens (primary N) is 1. The number of aryl methyl sites for hydroxylation is 1. The first-order valence-corrected chi connectivity index (χ1v) is 17.5. The Morgan fingerprint density at radius 1 is 0.938 bits per heavy atom. The van der Waals surface area contributed by atoms with Gasteiger partial charge < -0.3 is 21.1 Å². The SMILES string of the molecule is Cc1ccc(NC(=O)[C@H](CCCNC(N)O)NC(=O)[C@@H](NC(=O)CCCCCN2C(=O)C3C4C=C(C(C)C)C(C4)C3C2=O)C(C)C)cc1. The third-order valence-electron chi connectivity index (χ3n) is 9.94. The van der Waals surface area contributed by atoms with Crippen molar-refractivity contribution in [1.29, 1.82) is 0 Å². The zero-order valence-corrected chi connectivity index (χ0v) is 29.0. The second kappa shape index (κ2) is 16.7. The molecule has 5 amide bonds. The number of imide groups is 1. The highest BCUT2D eigenvalue weighted by Gasteiger charge is 2.61. The van der Waals surface area contributed by atoms with Crippen LogP contribution >= 0.6 is 0 Å².